The Balaban J connectivity index is 2.36. The average Bonchev–Trinajstić information content (AvgIpc) is 2.58. The van der Waals surface area contributed by atoms with Crippen molar-refractivity contribution < 1.29 is 9.32 Å². The highest BCUT2D eigenvalue weighted by Gasteiger charge is 2.20. The number of halogens is 2. The lowest BCUT2D eigenvalue weighted by atomic mass is 10.2. The summed E-state index contributed by atoms with van der Waals surface area (Å²) in [5.74, 6) is -0.587. The molecule has 0 fully saturated rings. The topological polar surface area (TPSA) is 64.2 Å². The van der Waals surface area contributed by atoms with E-state index in [0.717, 1.165) is 0 Å². The van der Waals surface area contributed by atoms with Crippen molar-refractivity contribution in [2.45, 2.75) is 6.92 Å². The summed E-state index contributed by atoms with van der Waals surface area (Å²) >= 11 is 11.8. The van der Waals surface area contributed by atoms with Crippen molar-refractivity contribution in [1.29, 1.82) is 0 Å². The van der Waals surface area contributed by atoms with Gasteiger partial charge in [-0.25, -0.2) is 9.53 Å². The molecule has 0 aliphatic heterocycles. The Labute approximate surface area is 118 Å². The van der Waals surface area contributed by atoms with Crippen LogP contribution in [0.15, 0.2) is 27.5 Å². The van der Waals surface area contributed by atoms with E-state index in [4.69, 9.17) is 27.7 Å². The second kappa shape index (κ2) is 5.11. The van der Waals surface area contributed by atoms with E-state index in [0.29, 0.717) is 21.4 Å². The Morgan fingerprint density at radius 1 is 1.37 bits per heavy atom. The van der Waals surface area contributed by atoms with Gasteiger partial charge in [-0.1, -0.05) is 23.2 Å². The molecule has 19 heavy (non-hydrogen) atoms. The zero-order valence-corrected chi connectivity index (χ0v) is 11.7. The highest BCUT2D eigenvalue weighted by Crippen LogP contribution is 2.25. The zero-order chi connectivity index (χ0) is 14.2. The predicted octanol–water partition coefficient (Wildman–Crippen LogP) is 2.85. The van der Waals surface area contributed by atoms with Gasteiger partial charge in [-0.2, -0.15) is 0 Å². The summed E-state index contributed by atoms with van der Waals surface area (Å²) < 4.78 is 6.03. The predicted molar refractivity (Wildman–Crippen MR) is 73.1 cm³/mol. The van der Waals surface area contributed by atoms with E-state index in [1.165, 1.54) is 10.8 Å². The Bertz CT molecular complexity index is 703. The molecule has 0 atom stereocenters. The van der Waals surface area contributed by atoms with Crippen molar-refractivity contribution in [3.63, 3.8) is 0 Å². The van der Waals surface area contributed by atoms with Crippen molar-refractivity contribution in [2.24, 2.45) is 7.05 Å². The molecule has 0 saturated carbocycles. The van der Waals surface area contributed by atoms with Crippen molar-refractivity contribution in [3.8, 4) is 0 Å². The summed E-state index contributed by atoms with van der Waals surface area (Å²) in [5, 5.41) is 3.29. The minimum absolute atomic E-state index is 0.0569. The molecule has 7 heteroatoms. The third-order valence-electron chi connectivity index (χ3n) is 2.66. The van der Waals surface area contributed by atoms with Crippen LogP contribution < -0.4 is 10.9 Å². The number of benzene rings is 1. The lowest BCUT2D eigenvalue weighted by Crippen LogP contribution is -2.19. The normalized spacial score (nSPS) is 10.5. The number of carbonyl (C=O) groups is 1. The van der Waals surface area contributed by atoms with Crippen LogP contribution in [0.2, 0.25) is 10.0 Å². The van der Waals surface area contributed by atoms with Crippen LogP contribution in [0, 0.1) is 6.92 Å². The lowest BCUT2D eigenvalue weighted by Gasteiger charge is -2.06. The number of nitrogens with one attached hydrogen (secondary N) is 1. The van der Waals surface area contributed by atoms with Gasteiger partial charge in [0.15, 0.2) is 0 Å². The molecule has 1 aromatic carbocycles. The van der Waals surface area contributed by atoms with E-state index in [9.17, 15) is 9.59 Å². The number of rotatable bonds is 2. The van der Waals surface area contributed by atoms with Gasteiger partial charge in [0.25, 0.3) is 5.91 Å². The molecule has 100 valence electrons. The van der Waals surface area contributed by atoms with Gasteiger partial charge in [0.05, 0.1) is 16.4 Å². The number of aryl methyl sites for hydroxylation is 1. The Morgan fingerprint density at radius 3 is 2.63 bits per heavy atom. The zero-order valence-electron chi connectivity index (χ0n) is 10.2. The fraction of sp³-hybridized carbons (Fsp3) is 0.167. The maximum absolute atomic E-state index is 12.0. The molecule has 1 heterocycles. The molecule has 0 aliphatic carbocycles. The van der Waals surface area contributed by atoms with Gasteiger partial charge < -0.3 is 9.84 Å². The lowest BCUT2D eigenvalue weighted by molar-refractivity contribution is 0.102. The van der Waals surface area contributed by atoms with E-state index in [-0.39, 0.29) is 5.56 Å². The second-order valence-electron chi connectivity index (χ2n) is 3.91. The summed E-state index contributed by atoms with van der Waals surface area (Å²) in [6, 6.07) is 4.66. The van der Waals surface area contributed by atoms with Gasteiger partial charge in [-0.15, -0.1) is 0 Å². The molecule has 0 radical (unpaired) electrons. The summed E-state index contributed by atoms with van der Waals surface area (Å²) in [6.45, 7) is 1.61. The first-order chi connectivity index (χ1) is 8.90. The van der Waals surface area contributed by atoms with Crippen LogP contribution in [0.1, 0.15) is 16.1 Å². The second-order valence-corrected chi connectivity index (χ2v) is 4.76. The highest BCUT2D eigenvalue weighted by atomic mass is 35.5. The molecular formula is C12H10Cl2N2O3. The van der Waals surface area contributed by atoms with Crippen LogP contribution in [0.25, 0.3) is 0 Å². The van der Waals surface area contributed by atoms with E-state index in [1.54, 1.807) is 26.1 Å². The van der Waals surface area contributed by atoms with E-state index < -0.39 is 11.5 Å². The van der Waals surface area contributed by atoms with Crippen LogP contribution in [0.3, 0.4) is 0 Å². The molecule has 1 N–H and O–H groups in total. The molecular weight excluding hydrogens is 291 g/mol. The number of anilines is 1. The number of hydrogen-bond donors (Lipinski definition) is 1. The molecule has 0 spiro atoms. The smallest absolute Gasteiger partial charge is 0.336 e. The van der Waals surface area contributed by atoms with Crippen LogP contribution >= 0.6 is 23.2 Å². The Hall–Kier alpha value is -1.72. The van der Waals surface area contributed by atoms with Gasteiger partial charge in [0.2, 0.25) is 0 Å². The molecule has 5 nitrogen and oxygen atoms in total. The first-order valence-electron chi connectivity index (χ1n) is 5.33. The molecule has 1 amide bonds. The molecule has 0 unspecified atom stereocenters. The molecule has 2 rings (SSSR count). The number of amides is 1. The van der Waals surface area contributed by atoms with Crippen LogP contribution in [0.5, 0.6) is 0 Å². The van der Waals surface area contributed by atoms with Gasteiger partial charge in [-0.05, 0) is 25.1 Å². The molecule has 2 aromatic rings. The van der Waals surface area contributed by atoms with Crippen LogP contribution in [-0.2, 0) is 7.05 Å². The van der Waals surface area contributed by atoms with Gasteiger partial charge in [0, 0.05) is 12.1 Å². The fourth-order valence-corrected chi connectivity index (χ4v) is 1.92. The Kier molecular flexibility index (Phi) is 3.68. The fourth-order valence-electron chi connectivity index (χ4n) is 1.58. The number of aromatic nitrogens is 1. The molecule has 0 saturated heterocycles. The number of carbonyl (C=O) groups excluding carboxylic acids is 1. The third-order valence-corrected chi connectivity index (χ3v) is 3.23. The minimum Gasteiger partial charge on any atom is -0.336 e. The van der Waals surface area contributed by atoms with Crippen molar-refractivity contribution in [2.75, 3.05) is 5.32 Å². The average molecular weight is 301 g/mol. The quantitative estimate of drug-likeness (QED) is 0.927. The SMILES string of the molecule is Cc1c(C(=O)Nc2cc(Cl)ccc2Cl)c(=O)on1C. The summed E-state index contributed by atoms with van der Waals surface area (Å²) in [6.07, 6.45) is 0. The van der Waals surface area contributed by atoms with E-state index in [1.807, 2.05) is 0 Å². The summed E-state index contributed by atoms with van der Waals surface area (Å²) in [4.78, 5) is 23.6. The Morgan fingerprint density at radius 2 is 2.05 bits per heavy atom. The minimum atomic E-state index is -0.698. The monoisotopic (exact) mass is 300 g/mol. The maximum atomic E-state index is 12.0. The number of nitrogens with zero attached hydrogens (tertiary/aromatic N) is 1. The summed E-state index contributed by atoms with van der Waals surface area (Å²) in [5.41, 5.74) is 0.0108. The van der Waals surface area contributed by atoms with Crippen molar-refractivity contribution in [3.05, 3.63) is 49.9 Å². The van der Waals surface area contributed by atoms with Crippen LogP contribution in [-0.4, -0.2) is 10.6 Å². The standard InChI is InChI=1S/C12H10Cl2N2O3/c1-6-10(12(18)19-16(6)2)11(17)15-9-5-7(13)3-4-8(9)14/h3-5H,1-2H3,(H,15,17). The highest BCUT2D eigenvalue weighted by molar-refractivity contribution is 6.35. The van der Waals surface area contributed by atoms with Gasteiger partial charge in [0.1, 0.15) is 5.56 Å². The molecule has 0 bridgehead atoms. The first-order valence-corrected chi connectivity index (χ1v) is 6.09. The van der Waals surface area contributed by atoms with E-state index in [2.05, 4.69) is 5.32 Å². The molecule has 1 aromatic heterocycles. The van der Waals surface area contributed by atoms with Gasteiger partial charge in [-0.3, -0.25) is 4.79 Å². The van der Waals surface area contributed by atoms with E-state index >= 15 is 0 Å². The van der Waals surface area contributed by atoms with Crippen molar-refractivity contribution in [1.82, 2.24) is 4.74 Å². The maximum Gasteiger partial charge on any atom is 0.370 e. The van der Waals surface area contributed by atoms with Gasteiger partial charge >= 0.3 is 5.63 Å². The van der Waals surface area contributed by atoms with Crippen LogP contribution in [0.4, 0.5) is 5.69 Å². The largest absolute Gasteiger partial charge is 0.370 e. The molecule has 0 aliphatic rings. The summed E-state index contributed by atoms with van der Waals surface area (Å²) in [7, 11) is 1.54. The first kappa shape index (κ1) is 13.7. The number of hydrogen-bond acceptors (Lipinski definition) is 3. The van der Waals surface area contributed by atoms with Crippen molar-refractivity contribution >= 4 is 34.8 Å². The third kappa shape index (κ3) is 2.67.